The zero-order valence-corrected chi connectivity index (χ0v) is 20.2. The molecule has 5 rings (SSSR count). The van der Waals surface area contributed by atoms with Gasteiger partial charge in [-0.05, 0) is 48.4 Å². The highest BCUT2D eigenvalue weighted by atomic mass is 16.5. The molecule has 0 spiro atoms. The first-order valence-electron chi connectivity index (χ1n) is 12.1. The Morgan fingerprint density at radius 2 is 2.24 bits per heavy atom. The van der Waals surface area contributed by atoms with Gasteiger partial charge in [-0.15, -0.1) is 0 Å². The minimum atomic E-state index is 0.0918. The van der Waals surface area contributed by atoms with Crippen molar-refractivity contribution < 1.29 is 9.53 Å². The van der Waals surface area contributed by atoms with Crippen molar-refractivity contribution in [3.05, 3.63) is 46.8 Å². The molecule has 8 nitrogen and oxygen atoms in total. The van der Waals surface area contributed by atoms with E-state index >= 15 is 0 Å². The number of carbonyl (C=O) groups is 1. The number of nitrogens with one attached hydrogen (secondary N) is 1. The smallest absolute Gasteiger partial charge is 0.219 e. The molecule has 178 valence electrons. The van der Waals surface area contributed by atoms with Crippen LogP contribution in [0.1, 0.15) is 61.0 Å². The van der Waals surface area contributed by atoms with Crippen LogP contribution in [0.2, 0.25) is 0 Å². The summed E-state index contributed by atoms with van der Waals surface area (Å²) in [5.41, 5.74) is 6.95. The molecule has 0 bridgehead atoms. The van der Waals surface area contributed by atoms with Gasteiger partial charge < -0.3 is 19.9 Å². The van der Waals surface area contributed by atoms with E-state index in [1.807, 2.05) is 18.1 Å². The molecule has 1 saturated heterocycles. The van der Waals surface area contributed by atoms with Gasteiger partial charge in [-0.25, -0.2) is 0 Å². The van der Waals surface area contributed by atoms with Crippen molar-refractivity contribution in [1.29, 1.82) is 5.26 Å². The Morgan fingerprint density at radius 1 is 1.38 bits per heavy atom. The first kappa shape index (κ1) is 22.5. The van der Waals surface area contributed by atoms with E-state index in [0.717, 1.165) is 54.2 Å². The number of fused-ring (bicyclic) bond motifs is 2. The molecule has 2 atom stereocenters. The van der Waals surface area contributed by atoms with Crippen molar-refractivity contribution in [3.8, 4) is 6.07 Å². The second-order valence-corrected chi connectivity index (χ2v) is 9.46. The summed E-state index contributed by atoms with van der Waals surface area (Å²) in [7, 11) is 1.90. The van der Waals surface area contributed by atoms with Crippen molar-refractivity contribution in [2.24, 2.45) is 0 Å². The van der Waals surface area contributed by atoms with Crippen LogP contribution in [-0.4, -0.2) is 53.9 Å². The van der Waals surface area contributed by atoms with Gasteiger partial charge in [0.15, 0.2) is 5.82 Å². The molecular formula is C26H32N6O2. The molecule has 4 heterocycles. The summed E-state index contributed by atoms with van der Waals surface area (Å²) in [5.74, 6) is 1.13. The number of benzene rings is 1. The summed E-state index contributed by atoms with van der Waals surface area (Å²) in [4.78, 5) is 16.4. The highest BCUT2D eigenvalue weighted by Crippen LogP contribution is 2.45. The van der Waals surface area contributed by atoms with Gasteiger partial charge in [-0.2, -0.15) is 10.4 Å². The third-order valence-corrected chi connectivity index (χ3v) is 7.33. The van der Waals surface area contributed by atoms with Gasteiger partial charge in [0.05, 0.1) is 25.3 Å². The monoisotopic (exact) mass is 460 g/mol. The molecule has 3 aliphatic rings. The number of nitriles is 1. The minimum absolute atomic E-state index is 0.0918. The Hall–Kier alpha value is -3.31. The zero-order valence-electron chi connectivity index (χ0n) is 20.2. The summed E-state index contributed by atoms with van der Waals surface area (Å²) in [6.45, 7) is 7.16. The van der Waals surface area contributed by atoms with Crippen LogP contribution in [0.25, 0.3) is 5.57 Å². The Labute approximate surface area is 200 Å². The maximum absolute atomic E-state index is 12.2. The van der Waals surface area contributed by atoms with E-state index in [9.17, 15) is 10.1 Å². The molecule has 8 heteroatoms. The van der Waals surface area contributed by atoms with Crippen LogP contribution in [0.3, 0.4) is 0 Å². The van der Waals surface area contributed by atoms with Crippen LogP contribution in [0.4, 0.5) is 11.5 Å². The van der Waals surface area contributed by atoms with Crippen molar-refractivity contribution in [2.75, 3.05) is 38.3 Å². The van der Waals surface area contributed by atoms with Crippen LogP contribution in [0, 0.1) is 11.3 Å². The van der Waals surface area contributed by atoms with Crippen molar-refractivity contribution >= 4 is 23.0 Å². The maximum Gasteiger partial charge on any atom is 0.219 e. The number of carbonyl (C=O) groups excluding carboxylic acids is 1. The SMILES string of the molecule is CN/C=C(\C)c1ccc2c(c1)C(CC#N)CN2c1nn(C2CCOC2)c2c1CN(C(C)=O)CC2. The van der Waals surface area contributed by atoms with Gasteiger partial charge in [0, 0.05) is 69.4 Å². The lowest BCUT2D eigenvalue weighted by atomic mass is 9.95. The molecule has 0 aliphatic carbocycles. The van der Waals surface area contributed by atoms with Crippen molar-refractivity contribution in [3.63, 3.8) is 0 Å². The van der Waals surface area contributed by atoms with Gasteiger partial charge in [-0.1, -0.05) is 6.07 Å². The number of ether oxygens (including phenoxy) is 1. The van der Waals surface area contributed by atoms with E-state index in [1.54, 1.807) is 6.92 Å². The Morgan fingerprint density at radius 3 is 2.94 bits per heavy atom. The molecular weight excluding hydrogens is 428 g/mol. The summed E-state index contributed by atoms with van der Waals surface area (Å²) >= 11 is 0. The number of amides is 1. The summed E-state index contributed by atoms with van der Waals surface area (Å²) < 4.78 is 7.84. The van der Waals surface area contributed by atoms with Crippen LogP contribution >= 0.6 is 0 Å². The molecule has 1 aromatic heterocycles. The fourth-order valence-corrected chi connectivity index (χ4v) is 5.51. The van der Waals surface area contributed by atoms with E-state index in [-0.39, 0.29) is 17.9 Å². The fraction of sp³-hybridized carbons (Fsp3) is 0.500. The highest BCUT2D eigenvalue weighted by molar-refractivity contribution is 5.77. The lowest BCUT2D eigenvalue weighted by Gasteiger charge is -2.28. The molecule has 2 unspecified atom stereocenters. The molecule has 3 aliphatic heterocycles. The van der Waals surface area contributed by atoms with Crippen LogP contribution in [0.15, 0.2) is 24.4 Å². The number of hydrogen-bond acceptors (Lipinski definition) is 6. The van der Waals surface area contributed by atoms with Crippen LogP contribution < -0.4 is 10.2 Å². The van der Waals surface area contributed by atoms with E-state index in [4.69, 9.17) is 9.84 Å². The highest BCUT2D eigenvalue weighted by Gasteiger charge is 2.37. The Balaban J connectivity index is 1.60. The predicted octanol–water partition coefficient (Wildman–Crippen LogP) is 3.48. The van der Waals surface area contributed by atoms with Gasteiger partial charge in [0.2, 0.25) is 5.91 Å². The summed E-state index contributed by atoms with van der Waals surface area (Å²) in [5, 5.41) is 17.8. The van der Waals surface area contributed by atoms with E-state index in [1.165, 1.54) is 11.3 Å². The van der Waals surface area contributed by atoms with Crippen LogP contribution in [0.5, 0.6) is 0 Å². The molecule has 1 N–H and O–H groups in total. The number of nitrogens with zero attached hydrogens (tertiary/aromatic N) is 5. The number of rotatable bonds is 5. The molecule has 1 fully saturated rings. The topological polar surface area (TPSA) is 86.4 Å². The number of aromatic nitrogens is 2. The quantitative estimate of drug-likeness (QED) is 0.735. The zero-order chi connectivity index (χ0) is 23.8. The number of anilines is 2. The Bertz CT molecular complexity index is 1170. The maximum atomic E-state index is 12.2. The molecule has 1 aromatic carbocycles. The van der Waals surface area contributed by atoms with Gasteiger partial charge in [-0.3, -0.25) is 9.48 Å². The third kappa shape index (κ3) is 3.84. The van der Waals surface area contributed by atoms with E-state index in [0.29, 0.717) is 26.1 Å². The van der Waals surface area contributed by atoms with Crippen LogP contribution in [-0.2, 0) is 22.5 Å². The fourth-order valence-electron chi connectivity index (χ4n) is 5.51. The molecule has 2 aromatic rings. The lowest BCUT2D eigenvalue weighted by Crippen LogP contribution is -2.35. The first-order chi connectivity index (χ1) is 16.5. The molecule has 34 heavy (non-hydrogen) atoms. The second kappa shape index (κ2) is 9.15. The van der Waals surface area contributed by atoms with Gasteiger partial charge in [0.25, 0.3) is 0 Å². The lowest BCUT2D eigenvalue weighted by molar-refractivity contribution is -0.129. The van der Waals surface area contributed by atoms with Crippen molar-refractivity contribution in [1.82, 2.24) is 20.0 Å². The second-order valence-electron chi connectivity index (χ2n) is 9.46. The number of allylic oxidation sites excluding steroid dienone is 1. The molecule has 0 saturated carbocycles. The third-order valence-electron chi connectivity index (χ3n) is 7.33. The molecule has 1 amide bonds. The van der Waals surface area contributed by atoms with Gasteiger partial charge >= 0.3 is 0 Å². The Kier molecular flexibility index (Phi) is 6.05. The standard InChI is InChI=1S/C26H32N6O2/c1-17(13-28-3)19-4-5-24-22(12-19)20(6-9-27)14-31(24)26-23-15-30(18(2)33)10-7-25(23)32(29-26)21-8-11-34-16-21/h4-5,12-13,20-21,28H,6-8,10-11,14-16H2,1-3H3/b17-13+. The van der Waals surface area contributed by atoms with E-state index in [2.05, 4.69) is 46.1 Å². The molecule has 0 radical (unpaired) electrons. The first-order valence-corrected chi connectivity index (χ1v) is 12.1. The minimum Gasteiger partial charge on any atom is -0.394 e. The normalized spacial score (nSPS) is 21.9. The van der Waals surface area contributed by atoms with E-state index < -0.39 is 0 Å². The predicted molar refractivity (Wildman–Crippen MR) is 131 cm³/mol. The van der Waals surface area contributed by atoms with Crippen molar-refractivity contribution in [2.45, 2.75) is 51.6 Å². The van der Waals surface area contributed by atoms with Gasteiger partial charge in [0.1, 0.15) is 0 Å². The summed E-state index contributed by atoms with van der Waals surface area (Å²) in [6.07, 6.45) is 4.21. The number of hydrogen-bond donors (Lipinski definition) is 1. The average Bonchev–Trinajstić information content (AvgIpc) is 3.56. The largest absolute Gasteiger partial charge is 0.394 e. The average molecular weight is 461 g/mol. The summed E-state index contributed by atoms with van der Waals surface area (Å²) in [6, 6.07) is 9.13.